The molecule has 0 aromatic carbocycles. The van der Waals surface area contributed by atoms with Gasteiger partial charge in [0.05, 0.1) is 11.7 Å². The van der Waals surface area contributed by atoms with Gasteiger partial charge in [0.15, 0.2) is 0 Å². The van der Waals surface area contributed by atoms with Gasteiger partial charge in [0.2, 0.25) is 0 Å². The van der Waals surface area contributed by atoms with Crippen molar-refractivity contribution < 1.29 is 0 Å². The Labute approximate surface area is 102 Å². The Morgan fingerprint density at radius 3 is 3.11 bits per heavy atom. The van der Waals surface area contributed by atoms with Gasteiger partial charge in [-0.15, -0.1) is 0 Å². The fraction of sp³-hybridized carbons (Fsp3) is 0. The van der Waals surface area contributed by atoms with Crippen LogP contribution in [0.5, 0.6) is 0 Å². The van der Waals surface area contributed by atoms with Crippen LogP contribution in [-0.2, 0) is 0 Å². The molecule has 4 rings (SSSR count). The van der Waals surface area contributed by atoms with Crippen LogP contribution in [0.15, 0.2) is 43.0 Å². The van der Waals surface area contributed by atoms with Crippen molar-refractivity contribution in [3.8, 4) is 11.1 Å². The Balaban J connectivity index is 2.00. The average molecular weight is 235 g/mol. The number of pyridine rings is 2. The zero-order valence-corrected chi connectivity index (χ0v) is 9.38. The van der Waals surface area contributed by atoms with Crippen molar-refractivity contribution in [2.24, 2.45) is 0 Å². The summed E-state index contributed by atoms with van der Waals surface area (Å²) in [5.74, 6) is 0. The van der Waals surface area contributed by atoms with Crippen molar-refractivity contribution in [2.45, 2.75) is 0 Å². The van der Waals surface area contributed by atoms with Gasteiger partial charge in [-0.3, -0.25) is 10.1 Å². The van der Waals surface area contributed by atoms with E-state index >= 15 is 0 Å². The predicted molar refractivity (Wildman–Crippen MR) is 69.0 cm³/mol. The Morgan fingerprint density at radius 2 is 2.11 bits per heavy atom. The van der Waals surface area contributed by atoms with E-state index < -0.39 is 0 Å². The third-order valence-electron chi connectivity index (χ3n) is 3.05. The number of H-pyrrole nitrogens is 2. The summed E-state index contributed by atoms with van der Waals surface area (Å²) >= 11 is 0. The fourth-order valence-corrected chi connectivity index (χ4v) is 2.17. The molecule has 0 bridgehead atoms. The monoisotopic (exact) mass is 235 g/mol. The van der Waals surface area contributed by atoms with Crippen LogP contribution in [0.25, 0.3) is 33.2 Å². The van der Waals surface area contributed by atoms with Crippen LogP contribution in [0.3, 0.4) is 0 Å². The standard InChI is InChI=1S/C13H9N5/c1-2-9-10(6-16-13(9)14-3-1)8-4-11-12(15-5-8)7-17-18-11/h1-7H,(H,14,16)(H,17,18). The molecule has 0 aliphatic heterocycles. The predicted octanol–water partition coefficient (Wildman–Crippen LogP) is 2.50. The third-order valence-corrected chi connectivity index (χ3v) is 3.05. The van der Waals surface area contributed by atoms with Crippen molar-refractivity contribution >= 4 is 22.1 Å². The molecule has 0 spiro atoms. The SMILES string of the molecule is c1cnc2[nH]cc(-c3cnc4cn[nH]c4c3)c2c1. The van der Waals surface area contributed by atoms with Gasteiger partial charge >= 0.3 is 0 Å². The smallest absolute Gasteiger partial charge is 0.137 e. The molecule has 0 fully saturated rings. The van der Waals surface area contributed by atoms with Gasteiger partial charge in [-0.05, 0) is 18.2 Å². The van der Waals surface area contributed by atoms with Crippen molar-refractivity contribution in [3.05, 3.63) is 43.0 Å². The highest BCUT2D eigenvalue weighted by Crippen LogP contribution is 2.28. The van der Waals surface area contributed by atoms with E-state index in [-0.39, 0.29) is 0 Å². The summed E-state index contributed by atoms with van der Waals surface area (Å²) in [6.07, 6.45) is 7.30. The first-order chi connectivity index (χ1) is 8.92. The minimum atomic E-state index is 0.872. The molecule has 18 heavy (non-hydrogen) atoms. The lowest BCUT2D eigenvalue weighted by atomic mass is 10.1. The number of fused-ring (bicyclic) bond motifs is 2. The molecule has 0 unspecified atom stereocenters. The summed E-state index contributed by atoms with van der Waals surface area (Å²) in [6.45, 7) is 0. The number of rotatable bonds is 1. The highest BCUT2D eigenvalue weighted by Gasteiger charge is 2.08. The second-order valence-corrected chi connectivity index (χ2v) is 4.13. The Morgan fingerprint density at radius 1 is 1.11 bits per heavy atom. The molecule has 4 aromatic rings. The summed E-state index contributed by atoms with van der Waals surface area (Å²) in [7, 11) is 0. The molecule has 5 nitrogen and oxygen atoms in total. The first-order valence-corrected chi connectivity index (χ1v) is 5.63. The zero-order valence-electron chi connectivity index (χ0n) is 9.38. The van der Waals surface area contributed by atoms with Crippen molar-refractivity contribution in [1.82, 2.24) is 25.1 Å². The molecule has 86 valence electrons. The highest BCUT2D eigenvalue weighted by molar-refractivity contribution is 5.94. The normalized spacial score (nSPS) is 11.3. The topological polar surface area (TPSA) is 70.2 Å². The van der Waals surface area contributed by atoms with Gasteiger partial charge in [0, 0.05) is 35.1 Å². The number of hydrogen-bond donors (Lipinski definition) is 2. The van der Waals surface area contributed by atoms with Gasteiger partial charge in [-0.2, -0.15) is 5.10 Å². The molecular formula is C13H9N5. The van der Waals surface area contributed by atoms with E-state index in [1.165, 1.54) is 0 Å². The van der Waals surface area contributed by atoms with Gasteiger partial charge in [-0.25, -0.2) is 4.98 Å². The van der Waals surface area contributed by atoms with E-state index in [9.17, 15) is 0 Å². The molecular weight excluding hydrogens is 226 g/mol. The number of nitrogens with zero attached hydrogens (tertiary/aromatic N) is 3. The maximum atomic E-state index is 4.38. The second kappa shape index (κ2) is 3.40. The summed E-state index contributed by atoms with van der Waals surface area (Å²) in [5.41, 5.74) is 4.84. The summed E-state index contributed by atoms with van der Waals surface area (Å²) in [5, 5.41) is 8.01. The maximum absolute atomic E-state index is 4.38. The fourth-order valence-electron chi connectivity index (χ4n) is 2.17. The summed E-state index contributed by atoms with van der Waals surface area (Å²) in [4.78, 5) is 11.8. The second-order valence-electron chi connectivity index (χ2n) is 4.13. The molecule has 0 saturated heterocycles. The lowest BCUT2D eigenvalue weighted by molar-refractivity contribution is 1.12. The van der Waals surface area contributed by atoms with Gasteiger partial charge in [0.25, 0.3) is 0 Å². The van der Waals surface area contributed by atoms with E-state index in [0.29, 0.717) is 0 Å². The first kappa shape index (κ1) is 9.35. The first-order valence-electron chi connectivity index (χ1n) is 5.63. The quantitative estimate of drug-likeness (QED) is 0.532. The van der Waals surface area contributed by atoms with E-state index in [2.05, 4.69) is 25.1 Å². The van der Waals surface area contributed by atoms with Crippen molar-refractivity contribution in [3.63, 3.8) is 0 Å². The molecule has 0 radical (unpaired) electrons. The Bertz CT molecular complexity index is 842. The minimum absolute atomic E-state index is 0.872. The largest absolute Gasteiger partial charge is 0.346 e. The molecule has 0 amide bonds. The summed E-state index contributed by atoms with van der Waals surface area (Å²) in [6, 6.07) is 6.03. The van der Waals surface area contributed by atoms with Crippen LogP contribution in [0, 0.1) is 0 Å². The van der Waals surface area contributed by atoms with Gasteiger partial charge in [-0.1, -0.05) is 0 Å². The third kappa shape index (κ3) is 1.24. The van der Waals surface area contributed by atoms with Crippen LogP contribution in [0.1, 0.15) is 0 Å². The number of aromatic nitrogens is 5. The highest BCUT2D eigenvalue weighted by atomic mass is 15.1. The average Bonchev–Trinajstić information content (AvgIpc) is 3.04. The molecule has 4 heterocycles. The number of hydrogen-bond acceptors (Lipinski definition) is 3. The van der Waals surface area contributed by atoms with Gasteiger partial charge < -0.3 is 4.98 Å². The van der Waals surface area contributed by atoms with Crippen LogP contribution in [0.2, 0.25) is 0 Å². The lowest BCUT2D eigenvalue weighted by Gasteiger charge is -1.98. The maximum Gasteiger partial charge on any atom is 0.137 e. The summed E-state index contributed by atoms with van der Waals surface area (Å²) < 4.78 is 0. The van der Waals surface area contributed by atoms with E-state index in [1.54, 1.807) is 12.4 Å². The van der Waals surface area contributed by atoms with Crippen molar-refractivity contribution in [1.29, 1.82) is 0 Å². The van der Waals surface area contributed by atoms with Crippen LogP contribution in [0.4, 0.5) is 0 Å². The molecule has 0 atom stereocenters. The minimum Gasteiger partial charge on any atom is -0.346 e. The molecule has 4 aromatic heterocycles. The van der Waals surface area contributed by atoms with E-state index in [4.69, 9.17) is 0 Å². The zero-order chi connectivity index (χ0) is 11.9. The van der Waals surface area contributed by atoms with E-state index in [0.717, 1.165) is 33.2 Å². The molecule has 5 heteroatoms. The van der Waals surface area contributed by atoms with Crippen molar-refractivity contribution in [2.75, 3.05) is 0 Å². The number of aromatic amines is 2. The van der Waals surface area contributed by atoms with Crippen LogP contribution < -0.4 is 0 Å². The molecule has 0 aliphatic carbocycles. The number of nitrogens with one attached hydrogen (secondary N) is 2. The van der Waals surface area contributed by atoms with E-state index in [1.807, 2.05) is 30.6 Å². The molecule has 0 aliphatic rings. The lowest BCUT2D eigenvalue weighted by Crippen LogP contribution is -1.80. The van der Waals surface area contributed by atoms with Crippen LogP contribution >= 0.6 is 0 Å². The Hall–Kier alpha value is -2.69. The molecule has 0 saturated carbocycles. The van der Waals surface area contributed by atoms with Crippen LogP contribution in [-0.4, -0.2) is 25.1 Å². The van der Waals surface area contributed by atoms with Gasteiger partial charge in [0.1, 0.15) is 11.2 Å². The molecule has 2 N–H and O–H groups in total. The Kier molecular flexibility index (Phi) is 1.77.